The molecule has 0 bridgehead atoms. The zero-order chi connectivity index (χ0) is 12.4. The Morgan fingerprint density at radius 1 is 1.41 bits per heavy atom. The molecule has 0 radical (unpaired) electrons. The number of benzene rings is 1. The van der Waals surface area contributed by atoms with Crippen molar-refractivity contribution in [1.29, 1.82) is 0 Å². The van der Waals surface area contributed by atoms with E-state index >= 15 is 0 Å². The molecular weight excluding hydrogens is 237 g/mol. The summed E-state index contributed by atoms with van der Waals surface area (Å²) in [5, 5.41) is 3.34. The predicted molar refractivity (Wildman–Crippen MR) is 67.9 cm³/mol. The molecule has 2 rings (SSSR count). The molecule has 3 atom stereocenters. The van der Waals surface area contributed by atoms with Gasteiger partial charge in [0.05, 0.1) is 20.9 Å². The summed E-state index contributed by atoms with van der Waals surface area (Å²) >= 11 is 0. The van der Waals surface area contributed by atoms with E-state index in [1.54, 1.807) is 6.07 Å². The lowest BCUT2D eigenvalue weighted by Gasteiger charge is -2.19. The standard InChI is InChI=1S/C13H18FNOS/c1-3-6-11-12(15-4-2)9-7-5-8-10(14)13(9)17(11)16/h5,7-8,11-12,15H,3-4,6H2,1-2H3. The van der Waals surface area contributed by atoms with Crippen LogP contribution in [0.5, 0.6) is 0 Å². The Balaban J connectivity index is 2.43. The van der Waals surface area contributed by atoms with Crippen molar-refractivity contribution in [3.05, 3.63) is 29.6 Å². The SMILES string of the molecule is CCCC1C(NCC)c2cccc(F)c2S1=O. The molecule has 94 valence electrons. The van der Waals surface area contributed by atoms with Crippen LogP contribution in [0.1, 0.15) is 38.3 Å². The minimum absolute atomic E-state index is 0.00634. The molecule has 1 heterocycles. The number of halogens is 1. The minimum Gasteiger partial charge on any atom is -0.309 e. The van der Waals surface area contributed by atoms with Crippen LogP contribution in [0.25, 0.3) is 0 Å². The summed E-state index contributed by atoms with van der Waals surface area (Å²) in [6.07, 6.45) is 1.83. The summed E-state index contributed by atoms with van der Waals surface area (Å²) < 4.78 is 26.1. The monoisotopic (exact) mass is 255 g/mol. The zero-order valence-electron chi connectivity index (χ0n) is 10.2. The van der Waals surface area contributed by atoms with Crippen LogP contribution >= 0.6 is 0 Å². The van der Waals surface area contributed by atoms with Crippen molar-refractivity contribution in [3.63, 3.8) is 0 Å². The highest BCUT2D eigenvalue weighted by atomic mass is 32.2. The van der Waals surface area contributed by atoms with Crippen molar-refractivity contribution in [2.45, 2.75) is 42.9 Å². The van der Waals surface area contributed by atoms with Gasteiger partial charge in [0.15, 0.2) is 0 Å². The molecule has 0 saturated carbocycles. The third kappa shape index (κ3) is 2.16. The van der Waals surface area contributed by atoms with E-state index in [0.717, 1.165) is 24.9 Å². The summed E-state index contributed by atoms with van der Waals surface area (Å²) in [6.45, 7) is 4.89. The number of fused-ring (bicyclic) bond motifs is 1. The number of nitrogens with one attached hydrogen (secondary N) is 1. The second-order valence-corrected chi connectivity index (χ2v) is 5.93. The molecule has 0 amide bonds. The van der Waals surface area contributed by atoms with Crippen LogP contribution in [0.4, 0.5) is 4.39 Å². The average molecular weight is 255 g/mol. The summed E-state index contributed by atoms with van der Waals surface area (Å²) in [5.74, 6) is -0.331. The molecule has 0 saturated heterocycles. The van der Waals surface area contributed by atoms with Crippen molar-refractivity contribution in [1.82, 2.24) is 5.32 Å². The van der Waals surface area contributed by atoms with E-state index in [2.05, 4.69) is 12.2 Å². The van der Waals surface area contributed by atoms with Gasteiger partial charge < -0.3 is 5.32 Å². The van der Waals surface area contributed by atoms with Gasteiger partial charge >= 0.3 is 0 Å². The van der Waals surface area contributed by atoms with Gasteiger partial charge in [0.25, 0.3) is 0 Å². The van der Waals surface area contributed by atoms with Crippen LogP contribution < -0.4 is 5.32 Å². The maximum absolute atomic E-state index is 13.7. The van der Waals surface area contributed by atoms with E-state index in [4.69, 9.17) is 0 Å². The van der Waals surface area contributed by atoms with E-state index < -0.39 is 10.8 Å². The number of hydrogen-bond acceptors (Lipinski definition) is 2. The highest BCUT2D eigenvalue weighted by molar-refractivity contribution is 7.86. The summed E-state index contributed by atoms with van der Waals surface area (Å²) in [6, 6.07) is 5.02. The van der Waals surface area contributed by atoms with Gasteiger partial charge in [-0.15, -0.1) is 0 Å². The van der Waals surface area contributed by atoms with Gasteiger partial charge in [0.2, 0.25) is 0 Å². The second-order valence-electron chi connectivity index (χ2n) is 4.32. The fraction of sp³-hybridized carbons (Fsp3) is 0.538. The predicted octanol–water partition coefficient (Wildman–Crippen LogP) is 2.77. The molecule has 1 N–H and O–H groups in total. The van der Waals surface area contributed by atoms with Crippen LogP contribution in [0, 0.1) is 5.82 Å². The van der Waals surface area contributed by atoms with Gasteiger partial charge in [-0.2, -0.15) is 0 Å². The van der Waals surface area contributed by atoms with E-state index in [9.17, 15) is 8.60 Å². The van der Waals surface area contributed by atoms with E-state index in [1.165, 1.54) is 6.07 Å². The first-order valence-electron chi connectivity index (χ1n) is 6.13. The first-order chi connectivity index (χ1) is 8.20. The molecule has 2 nitrogen and oxygen atoms in total. The molecule has 3 unspecified atom stereocenters. The largest absolute Gasteiger partial charge is 0.309 e. The molecule has 0 spiro atoms. The van der Waals surface area contributed by atoms with Gasteiger partial charge in [-0.1, -0.05) is 32.4 Å². The molecular formula is C13H18FNOS. The van der Waals surface area contributed by atoms with Gasteiger partial charge in [-0.3, -0.25) is 4.21 Å². The van der Waals surface area contributed by atoms with E-state index in [-0.39, 0.29) is 17.1 Å². The molecule has 4 heteroatoms. The Morgan fingerprint density at radius 3 is 2.82 bits per heavy atom. The Labute approximate surface area is 104 Å². The van der Waals surface area contributed by atoms with Gasteiger partial charge in [0, 0.05) is 6.04 Å². The molecule has 0 fully saturated rings. The Bertz CT molecular complexity index is 435. The molecule has 0 aromatic heterocycles. The zero-order valence-corrected chi connectivity index (χ0v) is 11.0. The minimum atomic E-state index is -1.22. The molecule has 17 heavy (non-hydrogen) atoms. The highest BCUT2D eigenvalue weighted by Crippen LogP contribution is 2.39. The lowest BCUT2D eigenvalue weighted by molar-refractivity contribution is 0.504. The Morgan fingerprint density at radius 2 is 2.18 bits per heavy atom. The summed E-state index contributed by atoms with van der Waals surface area (Å²) in [4.78, 5) is 0.414. The fourth-order valence-electron chi connectivity index (χ4n) is 2.48. The van der Waals surface area contributed by atoms with Crippen LogP contribution in [-0.4, -0.2) is 16.0 Å². The van der Waals surface area contributed by atoms with E-state index in [0.29, 0.717) is 4.90 Å². The lowest BCUT2D eigenvalue weighted by atomic mass is 10.0. The third-order valence-electron chi connectivity index (χ3n) is 3.18. The third-order valence-corrected chi connectivity index (χ3v) is 5.07. The Kier molecular flexibility index (Phi) is 3.94. The molecule has 0 aliphatic carbocycles. The average Bonchev–Trinajstić information content (AvgIpc) is 2.57. The Hall–Kier alpha value is -0.740. The highest BCUT2D eigenvalue weighted by Gasteiger charge is 2.39. The van der Waals surface area contributed by atoms with Crippen molar-refractivity contribution in [2.24, 2.45) is 0 Å². The fourth-order valence-corrected chi connectivity index (χ4v) is 4.41. The quantitative estimate of drug-likeness (QED) is 0.896. The normalized spacial score (nSPS) is 27.1. The van der Waals surface area contributed by atoms with Crippen molar-refractivity contribution >= 4 is 10.8 Å². The van der Waals surface area contributed by atoms with Gasteiger partial charge in [-0.05, 0) is 24.6 Å². The topological polar surface area (TPSA) is 29.1 Å². The second kappa shape index (κ2) is 5.27. The lowest BCUT2D eigenvalue weighted by Crippen LogP contribution is -2.29. The van der Waals surface area contributed by atoms with Crippen LogP contribution in [0.3, 0.4) is 0 Å². The smallest absolute Gasteiger partial charge is 0.139 e. The molecule has 1 aliphatic rings. The van der Waals surface area contributed by atoms with Crippen LogP contribution in [0.15, 0.2) is 23.1 Å². The number of rotatable bonds is 4. The van der Waals surface area contributed by atoms with Gasteiger partial charge in [-0.25, -0.2) is 4.39 Å². The van der Waals surface area contributed by atoms with Crippen LogP contribution in [-0.2, 0) is 10.8 Å². The van der Waals surface area contributed by atoms with Crippen molar-refractivity contribution in [2.75, 3.05) is 6.54 Å². The first-order valence-corrected chi connectivity index (χ1v) is 7.34. The molecule has 1 aromatic rings. The summed E-state index contributed by atoms with van der Waals surface area (Å²) in [7, 11) is -1.22. The molecule has 1 aliphatic heterocycles. The van der Waals surface area contributed by atoms with Crippen molar-refractivity contribution < 1.29 is 8.60 Å². The molecule has 1 aromatic carbocycles. The number of hydrogen-bond donors (Lipinski definition) is 1. The summed E-state index contributed by atoms with van der Waals surface area (Å²) in [5.41, 5.74) is 0.878. The van der Waals surface area contributed by atoms with Gasteiger partial charge in [0.1, 0.15) is 5.82 Å². The first kappa shape index (κ1) is 12.7. The van der Waals surface area contributed by atoms with Crippen molar-refractivity contribution in [3.8, 4) is 0 Å². The van der Waals surface area contributed by atoms with E-state index in [1.807, 2.05) is 13.0 Å². The van der Waals surface area contributed by atoms with Crippen LogP contribution in [0.2, 0.25) is 0 Å². The maximum Gasteiger partial charge on any atom is 0.139 e. The maximum atomic E-state index is 13.7.